The highest BCUT2D eigenvalue weighted by atomic mass is 16.5. The van der Waals surface area contributed by atoms with Crippen molar-refractivity contribution in [1.82, 2.24) is 19.7 Å². The summed E-state index contributed by atoms with van der Waals surface area (Å²) in [6, 6.07) is 5.27. The molecule has 1 aromatic heterocycles. The SMILES string of the molecule is Cc1cc(C(=O)N2CCO[C@@H](C(=O)O)C2)ccc1-n1cncn1. The first-order valence-corrected chi connectivity index (χ1v) is 7.15. The number of nitrogens with zero attached hydrogens (tertiary/aromatic N) is 4. The van der Waals surface area contributed by atoms with Gasteiger partial charge in [-0.25, -0.2) is 14.5 Å². The monoisotopic (exact) mass is 316 g/mol. The van der Waals surface area contributed by atoms with Gasteiger partial charge >= 0.3 is 5.97 Å². The lowest BCUT2D eigenvalue weighted by molar-refractivity contribution is -0.154. The van der Waals surface area contributed by atoms with Crippen molar-refractivity contribution < 1.29 is 19.4 Å². The molecule has 0 saturated carbocycles. The number of hydrogen-bond donors (Lipinski definition) is 1. The number of carbonyl (C=O) groups excluding carboxylic acids is 1. The maximum absolute atomic E-state index is 12.6. The molecule has 120 valence electrons. The zero-order valence-electron chi connectivity index (χ0n) is 12.5. The zero-order valence-corrected chi connectivity index (χ0v) is 12.5. The summed E-state index contributed by atoms with van der Waals surface area (Å²) >= 11 is 0. The van der Waals surface area contributed by atoms with Gasteiger partial charge in [0.1, 0.15) is 12.7 Å². The van der Waals surface area contributed by atoms with Gasteiger partial charge in [0.05, 0.1) is 18.8 Å². The smallest absolute Gasteiger partial charge is 0.334 e. The van der Waals surface area contributed by atoms with Crippen LogP contribution in [0.25, 0.3) is 5.69 Å². The summed E-state index contributed by atoms with van der Waals surface area (Å²) in [6.45, 7) is 2.54. The molecular formula is C15H16N4O4. The van der Waals surface area contributed by atoms with E-state index in [2.05, 4.69) is 10.1 Å². The Bertz CT molecular complexity index is 729. The average Bonchev–Trinajstić information content (AvgIpc) is 3.08. The van der Waals surface area contributed by atoms with E-state index in [4.69, 9.17) is 9.84 Å². The van der Waals surface area contributed by atoms with Gasteiger partial charge in [-0.3, -0.25) is 4.79 Å². The molecule has 1 saturated heterocycles. The van der Waals surface area contributed by atoms with Crippen molar-refractivity contribution in [1.29, 1.82) is 0 Å². The molecule has 0 radical (unpaired) electrons. The molecule has 2 aromatic rings. The quantitative estimate of drug-likeness (QED) is 0.885. The van der Waals surface area contributed by atoms with Crippen LogP contribution >= 0.6 is 0 Å². The maximum Gasteiger partial charge on any atom is 0.334 e. The summed E-state index contributed by atoms with van der Waals surface area (Å²) in [4.78, 5) is 29.0. The number of hydrogen-bond acceptors (Lipinski definition) is 5. The van der Waals surface area contributed by atoms with E-state index in [-0.39, 0.29) is 19.1 Å². The molecule has 0 aliphatic carbocycles. The van der Waals surface area contributed by atoms with Gasteiger partial charge in [0.15, 0.2) is 6.10 Å². The molecule has 3 rings (SSSR count). The molecule has 1 amide bonds. The van der Waals surface area contributed by atoms with Crippen LogP contribution in [0.2, 0.25) is 0 Å². The Balaban J connectivity index is 1.80. The Labute approximate surface area is 132 Å². The van der Waals surface area contributed by atoms with E-state index in [9.17, 15) is 9.59 Å². The summed E-state index contributed by atoms with van der Waals surface area (Å²) in [5.74, 6) is -1.26. The summed E-state index contributed by atoms with van der Waals surface area (Å²) in [5.41, 5.74) is 2.23. The van der Waals surface area contributed by atoms with E-state index in [1.165, 1.54) is 11.2 Å². The van der Waals surface area contributed by atoms with Crippen LogP contribution in [0.3, 0.4) is 0 Å². The highest BCUT2D eigenvalue weighted by Gasteiger charge is 2.29. The van der Waals surface area contributed by atoms with E-state index in [1.54, 1.807) is 29.2 Å². The van der Waals surface area contributed by atoms with E-state index in [0.717, 1.165) is 11.3 Å². The van der Waals surface area contributed by atoms with Crippen molar-refractivity contribution in [3.05, 3.63) is 42.0 Å². The number of morpholine rings is 1. The van der Waals surface area contributed by atoms with Crippen molar-refractivity contribution in [2.75, 3.05) is 19.7 Å². The van der Waals surface area contributed by atoms with Crippen LogP contribution in [0.5, 0.6) is 0 Å². The third kappa shape index (κ3) is 3.07. The van der Waals surface area contributed by atoms with Gasteiger partial charge in [-0.2, -0.15) is 5.10 Å². The summed E-state index contributed by atoms with van der Waals surface area (Å²) in [6.07, 6.45) is 2.06. The maximum atomic E-state index is 12.6. The molecule has 8 nitrogen and oxygen atoms in total. The van der Waals surface area contributed by atoms with E-state index < -0.39 is 12.1 Å². The number of amides is 1. The largest absolute Gasteiger partial charge is 0.479 e. The normalized spacial score (nSPS) is 18.0. The number of aromatic nitrogens is 3. The molecule has 23 heavy (non-hydrogen) atoms. The van der Waals surface area contributed by atoms with Gasteiger partial charge in [-0.05, 0) is 30.7 Å². The summed E-state index contributed by atoms with van der Waals surface area (Å²) < 4.78 is 6.76. The molecule has 0 bridgehead atoms. The summed E-state index contributed by atoms with van der Waals surface area (Å²) in [5, 5.41) is 13.1. The van der Waals surface area contributed by atoms with Crippen LogP contribution in [0.1, 0.15) is 15.9 Å². The average molecular weight is 316 g/mol. The molecule has 1 aliphatic heterocycles. The lowest BCUT2D eigenvalue weighted by atomic mass is 10.1. The Morgan fingerprint density at radius 1 is 1.39 bits per heavy atom. The number of carboxylic acids is 1. The predicted octanol–water partition coefficient (Wildman–Crippen LogP) is 0.501. The van der Waals surface area contributed by atoms with Crippen molar-refractivity contribution in [3.8, 4) is 5.69 Å². The molecule has 0 unspecified atom stereocenters. The molecule has 8 heteroatoms. The zero-order chi connectivity index (χ0) is 16.4. The second kappa shape index (κ2) is 6.17. The molecule has 1 aliphatic rings. The third-order valence-electron chi connectivity index (χ3n) is 3.74. The minimum absolute atomic E-state index is 0.0536. The van der Waals surface area contributed by atoms with Gasteiger partial charge in [0, 0.05) is 12.1 Å². The topological polar surface area (TPSA) is 97.6 Å². The van der Waals surface area contributed by atoms with Crippen LogP contribution in [0.4, 0.5) is 0 Å². The molecule has 1 N–H and O–H groups in total. The first kappa shape index (κ1) is 15.2. The Morgan fingerprint density at radius 2 is 2.22 bits per heavy atom. The lowest BCUT2D eigenvalue weighted by Crippen LogP contribution is -2.48. The number of carboxylic acid groups (broad SMARTS) is 1. The summed E-state index contributed by atoms with van der Waals surface area (Å²) in [7, 11) is 0. The third-order valence-corrected chi connectivity index (χ3v) is 3.74. The van der Waals surface area contributed by atoms with Crippen LogP contribution in [0, 0.1) is 6.92 Å². The van der Waals surface area contributed by atoms with Crippen molar-refractivity contribution in [2.45, 2.75) is 13.0 Å². The van der Waals surface area contributed by atoms with Crippen molar-refractivity contribution in [3.63, 3.8) is 0 Å². The molecule has 0 spiro atoms. The molecular weight excluding hydrogens is 300 g/mol. The van der Waals surface area contributed by atoms with Gasteiger partial charge in [-0.1, -0.05) is 0 Å². The van der Waals surface area contributed by atoms with Gasteiger partial charge in [0.25, 0.3) is 5.91 Å². The molecule has 2 heterocycles. The minimum Gasteiger partial charge on any atom is -0.479 e. The van der Waals surface area contributed by atoms with Crippen LogP contribution in [-0.2, 0) is 9.53 Å². The minimum atomic E-state index is -1.06. The standard InChI is InChI=1S/C15H16N4O4/c1-10-6-11(2-3-12(10)19-9-16-8-17-19)14(20)18-4-5-23-13(7-18)15(21)22/h2-3,6,8-9,13H,4-5,7H2,1H3,(H,21,22)/t13-/m1/s1. The number of carbonyl (C=O) groups is 2. The van der Waals surface area contributed by atoms with Crippen LogP contribution < -0.4 is 0 Å². The number of aryl methyl sites for hydroxylation is 1. The van der Waals surface area contributed by atoms with Gasteiger partial charge in [-0.15, -0.1) is 0 Å². The second-order valence-corrected chi connectivity index (χ2v) is 5.29. The van der Waals surface area contributed by atoms with E-state index in [0.29, 0.717) is 12.1 Å². The second-order valence-electron chi connectivity index (χ2n) is 5.29. The molecule has 1 fully saturated rings. The fourth-order valence-corrected chi connectivity index (χ4v) is 2.54. The van der Waals surface area contributed by atoms with Gasteiger partial charge in [0.2, 0.25) is 0 Å². The molecule has 1 atom stereocenters. The Hall–Kier alpha value is -2.74. The van der Waals surface area contributed by atoms with E-state index in [1.807, 2.05) is 6.92 Å². The first-order valence-electron chi connectivity index (χ1n) is 7.15. The van der Waals surface area contributed by atoms with Crippen LogP contribution in [-0.4, -0.2) is 62.4 Å². The van der Waals surface area contributed by atoms with Crippen molar-refractivity contribution in [2.24, 2.45) is 0 Å². The Kier molecular flexibility index (Phi) is 4.07. The fourth-order valence-electron chi connectivity index (χ4n) is 2.54. The van der Waals surface area contributed by atoms with E-state index >= 15 is 0 Å². The number of aliphatic carboxylic acids is 1. The number of ether oxygens (including phenoxy) is 1. The van der Waals surface area contributed by atoms with Crippen molar-refractivity contribution >= 4 is 11.9 Å². The first-order chi connectivity index (χ1) is 11.1. The number of rotatable bonds is 3. The highest BCUT2D eigenvalue weighted by Crippen LogP contribution is 2.17. The van der Waals surface area contributed by atoms with Gasteiger partial charge < -0.3 is 14.7 Å². The Morgan fingerprint density at radius 3 is 2.87 bits per heavy atom. The molecule has 1 aromatic carbocycles. The fraction of sp³-hybridized carbons (Fsp3) is 0.333. The highest BCUT2D eigenvalue weighted by molar-refractivity contribution is 5.95. The van der Waals surface area contributed by atoms with Crippen LogP contribution in [0.15, 0.2) is 30.9 Å². The predicted molar refractivity (Wildman–Crippen MR) is 79.4 cm³/mol. The lowest BCUT2D eigenvalue weighted by Gasteiger charge is -2.31. The number of benzene rings is 1.